The van der Waals surface area contributed by atoms with Crippen LogP contribution in [0.15, 0.2) is 42.5 Å². The summed E-state index contributed by atoms with van der Waals surface area (Å²) in [5.74, 6) is -3.22. The summed E-state index contributed by atoms with van der Waals surface area (Å²) < 4.78 is 66.0. The van der Waals surface area contributed by atoms with E-state index in [0.717, 1.165) is 28.8 Å². The Bertz CT molecular complexity index is 1170. The lowest BCUT2D eigenvalue weighted by molar-refractivity contribution is -0.141. The molecule has 11 heteroatoms. The number of halogens is 3. The van der Waals surface area contributed by atoms with Crippen LogP contribution in [0, 0.1) is 23.4 Å². The summed E-state index contributed by atoms with van der Waals surface area (Å²) in [4.78, 5) is 27.6. The zero-order chi connectivity index (χ0) is 27.8. The molecule has 2 amide bonds. The quantitative estimate of drug-likeness (QED) is 0.411. The van der Waals surface area contributed by atoms with Crippen molar-refractivity contribution >= 4 is 27.5 Å². The first-order chi connectivity index (χ1) is 17.3. The van der Waals surface area contributed by atoms with Crippen molar-refractivity contribution in [3.63, 3.8) is 0 Å². The molecule has 0 spiro atoms. The van der Waals surface area contributed by atoms with E-state index in [1.807, 2.05) is 13.8 Å². The molecule has 0 radical (unpaired) electrons. The largest absolute Gasteiger partial charge is 0.354 e. The summed E-state index contributed by atoms with van der Waals surface area (Å²) >= 11 is 0. The molecule has 37 heavy (non-hydrogen) atoms. The van der Waals surface area contributed by atoms with E-state index >= 15 is 0 Å². The van der Waals surface area contributed by atoms with Crippen LogP contribution >= 0.6 is 0 Å². The summed E-state index contributed by atoms with van der Waals surface area (Å²) in [6, 6.07) is 7.58. The number of benzene rings is 2. The Kier molecular flexibility index (Phi) is 11.0. The molecule has 0 aliphatic heterocycles. The van der Waals surface area contributed by atoms with Gasteiger partial charge < -0.3 is 10.2 Å². The van der Waals surface area contributed by atoms with E-state index in [0.29, 0.717) is 18.5 Å². The molecular weight excluding hydrogens is 507 g/mol. The Labute approximate surface area is 216 Å². The van der Waals surface area contributed by atoms with Crippen LogP contribution in [0.25, 0.3) is 0 Å². The first-order valence-corrected chi connectivity index (χ1v) is 13.9. The first-order valence-electron chi connectivity index (χ1n) is 12.1. The van der Waals surface area contributed by atoms with E-state index in [2.05, 4.69) is 5.32 Å². The van der Waals surface area contributed by atoms with Crippen molar-refractivity contribution in [2.24, 2.45) is 5.92 Å². The Balaban J connectivity index is 2.22. The van der Waals surface area contributed by atoms with Gasteiger partial charge in [-0.3, -0.25) is 13.9 Å². The molecule has 0 bridgehead atoms. The van der Waals surface area contributed by atoms with Crippen molar-refractivity contribution in [2.75, 3.05) is 23.7 Å². The van der Waals surface area contributed by atoms with E-state index in [1.54, 1.807) is 6.92 Å². The number of amides is 2. The van der Waals surface area contributed by atoms with Gasteiger partial charge in [-0.2, -0.15) is 0 Å². The van der Waals surface area contributed by atoms with E-state index in [-0.39, 0.29) is 43.4 Å². The summed E-state index contributed by atoms with van der Waals surface area (Å²) in [5.41, 5.74) is 0.570. The molecule has 0 aromatic heterocycles. The van der Waals surface area contributed by atoms with E-state index in [1.165, 1.54) is 29.2 Å². The Morgan fingerprint density at radius 1 is 1.00 bits per heavy atom. The fraction of sp³-hybridized carbons (Fsp3) is 0.462. The van der Waals surface area contributed by atoms with Crippen molar-refractivity contribution in [3.05, 3.63) is 65.5 Å². The first kappa shape index (κ1) is 30.1. The third-order valence-corrected chi connectivity index (χ3v) is 6.87. The summed E-state index contributed by atoms with van der Waals surface area (Å²) in [6.45, 7) is 6.01. The van der Waals surface area contributed by atoms with E-state index in [9.17, 15) is 31.2 Å². The van der Waals surface area contributed by atoms with Gasteiger partial charge in [-0.15, -0.1) is 0 Å². The molecule has 0 aliphatic carbocycles. The van der Waals surface area contributed by atoms with Crippen LogP contribution in [0.5, 0.6) is 0 Å². The van der Waals surface area contributed by atoms with Crippen LogP contribution in [0.1, 0.15) is 45.6 Å². The van der Waals surface area contributed by atoms with E-state index < -0.39 is 39.4 Å². The molecule has 0 fully saturated rings. The summed E-state index contributed by atoms with van der Waals surface area (Å²) in [5, 5.41) is 2.84. The molecule has 2 aromatic rings. The third kappa shape index (κ3) is 9.07. The van der Waals surface area contributed by atoms with Gasteiger partial charge in [0.1, 0.15) is 11.9 Å². The average Bonchev–Trinajstić information content (AvgIpc) is 2.82. The van der Waals surface area contributed by atoms with Gasteiger partial charge in [0.2, 0.25) is 21.8 Å². The zero-order valence-corrected chi connectivity index (χ0v) is 22.3. The number of anilines is 1. The molecule has 7 nitrogen and oxygen atoms in total. The fourth-order valence-corrected chi connectivity index (χ4v) is 4.73. The van der Waals surface area contributed by atoms with Gasteiger partial charge in [-0.25, -0.2) is 21.6 Å². The number of rotatable bonds is 13. The van der Waals surface area contributed by atoms with Crippen molar-refractivity contribution in [1.82, 2.24) is 10.2 Å². The average molecular weight is 542 g/mol. The minimum absolute atomic E-state index is 0.0588. The minimum Gasteiger partial charge on any atom is -0.354 e. The highest BCUT2D eigenvalue weighted by molar-refractivity contribution is 7.92. The lowest BCUT2D eigenvalue weighted by atomic mass is 10.1. The van der Waals surface area contributed by atoms with Gasteiger partial charge in [0.25, 0.3) is 0 Å². The lowest BCUT2D eigenvalue weighted by Gasteiger charge is -2.31. The molecule has 0 unspecified atom stereocenters. The monoisotopic (exact) mass is 541 g/mol. The Morgan fingerprint density at radius 3 is 2.19 bits per heavy atom. The topological polar surface area (TPSA) is 86.8 Å². The van der Waals surface area contributed by atoms with E-state index in [4.69, 9.17) is 0 Å². The molecule has 1 N–H and O–H groups in total. The number of carbonyl (C=O) groups is 2. The normalized spacial score (nSPS) is 12.3. The zero-order valence-electron chi connectivity index (χ0n) is 21.5. The highest BCUT2D eigenvalue weighted by atomic mass is 32.2. The molecule has 1 atom stereocenters. The van der Waals surface area contributed by atoms with Gasteiger partial charge >= 0.3 is 0 Å². The molecule has 2 aromatic carbocycles. The van der Waals surface area contributed by atoms with Crippen molar-refractivity contribution in [1.29, 1.82) is 0 Å². The predicted octanol–water partition coefficient (Wildman–Crippen LogP) is 4.23. The van der Waals surface area contributed by atoms with Crippen LogP contribution in [0.4, 0.5) is 18.9 Å². The van der Waals surface area contributed by atoms with Crippen LogP contribution in [0.3, 0.4) is 0 Å². The predicted molar refractivity (Wildman–Crippen MR) is 137 cm³/mol. The molecule has 204 valence electrons. The highest BCUT2D eigenvalue weighted by Crippen LogP contribution is 2.22. The smallest absolute Gasteiger partial charge is 0.242 e. The maximum absolute atomic E-state index is 13.7. The fourth-order valence-electron chi connectivity index (χ4n) is 3.77. The number of hydrogen-bond donors (Lipinski definition) is 1. The van der Waals surface area contributed by atoms with Gasteiger partial charge in [-0.05, 0) is 48.6 Å². The number of sulfonamides is 1. The van der Waals surface area contributed by atoms with Crippen molar-refractivity contribution in [2.45, 2.75) is 52.6 Å². The second-order valence-electron chi connectivity index (χ2n) is 9.25. The van der Waals surface area contributed by atoms with Crippen molar-refractivity contribution < 1.29 is 31.2 Å². The lowest BCUT2D eigenvalue weighted by Crippen LogP contribution is -2.49. The van der Waals surface area contributed by atoms with Crippen molar-refractivity contribution in [3.8, 4) is 0 Å². The standard InChI is InChI=1S/C26H34F3N3O4S/c1-5-24(26(34)30-16-18(2)3)31(17-19-8-10-20(27)11-9-19)25(33)7-6-14-32(37(4,35)36)21-12-13-22(28)23(29)15-21/h8-13,15,18,24H,5-7,14,16-17H2,1-4H3,(H,30,34)/t24-/m1/s1. The molecule has 0 aliphatic rings. The van der Waals surface area contributed by atoms with Gasteiger partial charge in [-0.1, -0.05) is 32.9 Å². The van der Waals surface area contributed by atoms with Crippen LogP contribution in [-0.4, -0.2) is 50.5 Å². The Hall–Kier alpha value is -3.08. The molecule has 0 saturated heterocycles. The number of nitrogens with zero attached hydrogens (tertiary/aromatic N) is 2. The van der Waals surface area contributed by atoms with Crippen LogP contribution in [0.2, 0.25) is 0 Å². The number of carbonyl (C=O) groups excluding carboxylic acids is 2. The maximum atomic E-state index is 13.7. The number of hydrogen-bond acceptors (Lipinski definition) is 4. The second-order valence-corrected chi connectivity index (χ2v) is 11.2. The summed E-state index contributed by atoms with van der Waals surface area (Å²) in [7, 11) is -3.85. The number of nitrogens with one attached hydrogen (secondary N) is 1. The van der Waals surface area contributed by atoms with Gasteiger partial charge in [0, 0.05) is 32.1 Å². The molecule has 2 rings (SSSR count). The minimum atomic E-state index is -3.85. The third-order valence-electron chi connectivity index (χ3n) is 5.68. The maximum Gasteiger partial charge on any atom is 0.242 e. The second kappa shape index (κ2) is 13.5. The molecule has 0 saturated carbocycles. The SMILES string of the molecule is CC[C@H](C(=O)NCC(C)C)N(Cc1ccc(F)cc1)C(=O)CCCN(c1ccc(F)c(F)c1)S(C)(=O)=O. The summed E-state index contributed by atoms with van der Waals surface area (Å²) in [6.07, 6.45) is 1.23. The van der Waals surface area contributed by atoms with Crippen LogP contribution < -0.4 is 9.62 Å². The van der Waals surface area contributed by atoms with Crippen LogP contribution in [-0.2, 0) is 26.2 Å². The molecule has 0 heterocycles. The van der Waals surface area contributed by atoms with Gasteiger partial charge in [0.05, 0.1) is 11.9 Å². The van der Waals surface area contributed by atoms with Gasteiger partial charge in [0.15, 0.2) is 11.6 Å². The highest BCUT2D eigenvalue weighted by Gasteiger charge is 2.29. The Morgan fingerprint density at radius 2 is 1.65 bits per heavy atom. The molecular formula is C26H34F3N3O4S.